The van der Waals surface area contributed by atoms with Gasteiger partial charge in [0, 0.05) is 23.6 Å². The number of rotatable bonds is 7. The maximum atomic E-state index is 14.5. The van der Waals surface area contributed by atoms with Gasteiger partial charge < -0.3 is 18.7 Å². The predicted octanol–water partition coefficient (Wildman–Crippen LogP) is 7.18. The van der Waals surface area contributed by atoms with Crippen molar-refractivity contribution in [2.24, 2.45) is 16.7 Å². The predicted molar refractivity (Wildman–Crippen MR) is 162 cm³/mol. The lowest BCUT2D eigenvalue weighted by atomic mass is 9.53. The second-order valence-corrected chi connectivity index (χ2v) is 15.9. The number of halogens is 4. The summed E-state index contributed by atoms with van der Waals surface area (Å²) in [5, 5.41) is 4.17. The SMILES string of the molecule is CC(C)(F)c1nc(C23CCC(CN(c4cccc(B5OC(C)(C)C(C)(C)O5)c4)C(=O)[C@H]4C[C@](C)(C(F)(F)F)C4)(CC2)CC3)no1. The van der Waals surface area contributed by atoms with Crippen LogP contribution in [0.3, 0.4) is 0 Å². The summed E-state index contributed by atoms with van der Waals surface area (Å²) >= 11 is 0. The molecule has 1 aromatic carbocycles. The number of hydrogen-bond donors (Lipinski definition) is 0. The van der Waals surface area contributed by atoms with E-state index >= 15 is 0 Å². The van der Waals surface area contributed by atoms with Crippen molar-refractivity contribution >= 4 is 24.2 Å². The van der Waals surface area contributed by atoms with Crippen LogP contribution in [0, 0.1) is 16.7 Å². The summed E-state index contributed by atoms with van der Waals surface area (Å²) in [6.45, 7) is 12.3. The van der Waals surface area contributed by atoms with E-state index in [9.17, 15) is 22.4 Å². The van der Waals surface area contributed by atoms with Gasteiger partial charge in [-0.1, -0.05) is 24.2 Å². The largest absolute Gasteiger partial charge is 0.494 e. The molecule has 45 heavy (non-hydrogen) atoms. The van der Waals surface area contributed by atoms with E-state index in [0.29, 0.717) is 18.1 Å². The van der Waals surface area contributed by atoms with Crippen molar-refractivity contribution in [3.63, 3.8) is 0 Å². The van der Waals surface area contributed by atoms with Gasteiger partial charge in [0.1, 0.15) is 0 Å². The topological polar surface area (TPSA) is 77.7 Å². The van der Waals surface area contributed by atoms with Gasteiger partial charge in [-0.3, -0.25) is 4.79 Å². The zero-order chi connectivity index (χ0) is 32.8. The number of nitrogens with zero attached hydrogens (tertiary/aromatic N) is 3. The number of hydrogen-bond acceptors (Lipinski definition) is 6. The van der Waals surface area contributed by atoms with Gasteiger partial charge in [0.05, 0.1) is 16.6 Å². The molecule has 2 bridgehead atoms. The molecule has 0 unspecified atom stereocenters. The minimum absolute atomic E-state index is 0.0284. The zero-order valence-corrected chi connectivity index (χ0v) is 27.3. The maximum absolute atomic E-state index is 14.5. The molecule has 1 amide bonds. The monoisotopic (exact) mass is 633 g/mol. The lowest BCUT2D eigenvalue weighted by molar-refractivity contribution is -0.253. The molecule has 246 valence electrons. The molecule has 0 radical (unpaired) electrons. The lowest BCUT2D eigenvalue weighted by Gasteiger charge is -2.54. The van der Waals surface area contributed by atoms with Gasteiger partial charge in [-0.25, -0.2) is 4.39 Å². The average Bonchev–Trinajstić information content (AvgIpc) is 3.53. The van der Waals surface area contributed by atoms with Crippen molar-refractivity contribution in [2.45, 2.75) is 128 Å². The number of anilines is 1. The number of aromatic nitrogens is 2. The van der Waals surface area contributed by atoms with E-state index in [4.69, 9.17) is 13.8 Å². The van der Waals surface area contributed by atoms with Gasteiger partial charge in [0.2, 0.25) is 5.91 Å². The molecule has 7 rings (SSSR count). The Morgan fingerprint density at radius 1 is 0.956 bits per heavy atom. The molecule has 0 atom stereocenters. The normalized spacial score (nSPS) is 32.4. The summed E-state index contributed by atoms with van der Waals surface area (Å²) in [7, 11) is -0.638. The minimum atomic E-state index is -4.35. The number of carbonyl (C=O) groups is 1. The van der Waals surface area contributed by atoms with Crippen molar-refractivity contribution in [3.05, 3.63) is 36.0 Å². The van der Waals surface area contributed by atoms with Crippen LogP contribution in [0.4, 0.5) is 23.2 Å². The van der Waals surface area contributed by atoms with Crippen LogP contribution in [0.2, 0.25) is 0 Å². The van der Waals surface area contributed by atoms with Crippen molar-refractivity contribution < 1.29 is 36.2 Å². The summed E-state index contributed by atoms with van der Waals surface area (Å²) in [5.74, 6) is -0.464. The van der Waals surface area contributed by atoms with E-state index in [0.717, 1.165) is 44.0 Å². The molecule has 12 heteroatoms. The smallest absolute Gasteiger partial charge is 0.399 e. The summed E-state index contributed by atoms with van der Waals surface area (Å²) < 4.78 is 73.5. The van der Waals surface area contributed by atoms with E-state index < -0.39 is 41.5 Å². The fourth-order valence-electron chi connectivity index (χ4n) is 7.62. The van der Waals surface area contributed by atoms with Crippen molar-refractivity contribution in [1.82, 2.24) is 10.1 Å². The molecule has 1 aromatic heterocycles. The highest BCUT2D eigenvalue weighted by molar-refractivity contribution is 6.62. The van der Waals surface area contributed by atoms with E-state index in [1.54, 1.807) is 4.90 Å². The first-order valence-electron chi connectivity index (χ1n) is 16.1. The first kappa shape index (κ1) is 32.5. The minimum Gasteiger partial charge on any atom is -0.399 e. The Morgan fingerprint density at radius 2 is 1.53 bits per heavy atom. The Bertz CT molecular complexity index is 1420. The van der Waals surface area contributed by atoms with Gasteiger partial charge in [-0.05, 0) is 116 Å². The van der Waals surface area contributed by atoms with Crippen molar-refractivity contribution in [2.75, 3.05) is 11.4 Å². The number of amides is 1. The van der Waals surface area contributed by atoms with Gasteiger partial charge in [-0.15, -0.1) is 0 Å². The second kappa shape index (κ2) is 10.3. The van der Waals surface area contributed by atoms with Gasteiger partial charge in [0.15, 0.2) is 11.5 Å². The molecule has 4 saturated carbocycles. The zero-order valence-electron chi connectivity index (χ0n) is 27.3. The van der Waals surface area contributed by atoms with E-state index in [1.165, 1.54) is 20.8 Å². The van der Waals surface area contributed by atoms with Gasteiger partial charge in [0.25, 0.3) is 5.89 Å². The Balaban J connectivity index is 1.26. The van der Waals surface area contributed by atoms with E-state index in [-0.39, 0.29) is 35.5 Å². The number of benzene rings is 1. The molecule has 2 aromatic rings. The Morgan fingerprint density at radius 3 is 2.04 bits per heavy atom. The van der Waals surface area contributed by atoms with Crippen molar-refractivity contribution in [1.29, 1.82) is 0 Å². The molecule has 4 aliphatic carbocycles. The Labute approximate surface area is 262 Å². The highest BCUT2D eigenvalue weighted by atomic mass is 19.4. The molecule has 0 N–H and O–H groups in total. The van der Waals surface area contributed by atoms with Crippen LogP contribution in [0.25, 0.3) is 0 Å². The molecular formula is C33H44BF4N3O4. The number of fused-ring (bicyclic) bond motifs is 3. The Hall–Kier alpha value is -2.47. The molecule has 2 heterocycles. The number of alkyl halides is 4. The first-order chi connectivity index (χ1) is 20.7. The summed E-state index contributed by atoms with van der Waals surface area (Å²) in [5.41, 5.74) is -3.80. The average molecular weight is 634 g/mol. The van der Waals surface area contributed by atoms with E-state index in [2.05, 4.69) is 10.1 Å². The summed E-state index contributed by atoms with van der Waals surface area (Å²) in [4.78, 5) is 20.3. The third-order valence-electron chi connectivity index (χ3n) is 11.7. The van der Waals surface area contributed by atoms with Crippen LogP contribution in [0.5, 0.6) is 0 Å². The molecule has 1 saturated heterocycles. The first-order valence-corrected chi connectivity index (χ1v) is 16.1. The van der Waals surface area contributed by atoms with Crippen LogP contribution in [0.1, 0.15) is 112 Å². The van der Waals surface area contributed by atoms with Gasteiger partial charge >= 0.3 is 13.3 Å². The van der Waals surface area contributed by atoms with Crippen LogP contribution >= 0.6 is 0 Å². The van der Waals surface area contributed by atoms with Crippen LogP contribution < -0.4 is 10.4 Å². The lowest BCUT2D eigenvalue weighted by Crippen LogP contribution is -2.55. The highest BCUT2D eigenvalue weighted by Crippen LogP contribution is 2.59. The highest BCUT2D eigenvalue weighted by Gasteiger charge is 2.61. The van der Waals surface area contributed by atoms with Crippen LogP contribution in [-0.2, 0) is 25.2 Å². The summed E-state index contributed by atoms with van der Waals surface area (Å²) in [6.07, 6.45) is -0.108. The molecule has 5 fully saturated rings. The fourth-order valence-corrected chi connectivity index (χ4v) is 7.62. The quantitative estimate of drug-likeness (QED) is 0.238. The molecule has 1 aliphatic heterocycles. The second-order valence-electron chi connectivity index (χ2n) is 15.9. The molecular weight excluding hydrogens is 589 g/mol. The van der Waals surface area contributed by atoms with E-state index in [1.807, 2.05) is 52.0 Å². The third-order valence-corrected chi connectivity index (χ3v) is 11.7. The maximum Gasteiger partial charge on any atom is 0.494 e. The van der Waals surface area contributed by atoms with Crippen molar-refractivity contribution in [3.8, 4) is 0 Å². The fraction of sp³-hybridized carbons (Fsp3) is 0.727. The van der Waals surface area contributed by atoms with Gasteiger partial charge in [-0.2, -0.15) is 18.2 Å². The summed E-state index contributed by atoms with van der Waals surface area (Å²) in [6, 6.07) is 7.47. The molecule has 7 nitrogen and oxygen atoms in total. The molecule has 5 aliphatic rings. The number of carbonyl (C=O) groups excluding carboxylic acids is 1. The standard InChI is InChI=1S/C33H44BF4N3O4/c1-27(2,35)26-39-25(40-43-26)32-14-11-31(12-15-32,13-16-32)20-41(24(42)21-18-30(7,19-21)33(36,37)38)23-10-8-9-22(17-23)34-44-28(3,4)29(5,6)45-34/h8-10,17,21H,11-16,18-20H2,1-7H3/t21-,30-,31?,32?. The molecule has 0 spiro atoms. The van der Waals surface area contributed by atoms with Crippen LogP contribution in [0.15, 0.2) is 28.8 Å². The third kappa shape index (κ3) is 5.51. The Kier molecular flexibility index (Phi) is 7.41. The van der Waals surface area contributed by atoms with Crippen LogP contribution in [-0.4, -0.2) is 47.1 Å².